The Morgan fingerprint density at radius 1 is 1.13 bits per heavy atom. The van der Waals surface area contributed by atoms with Gasteiger partial charge in [0, 0.05) is 41.8 Å². The third-order valence-electron chi connectivity index (χ3n) is 4.27. The van der Waals surface area contributed by atoms with Crippen LogP contribution >= 0.6 is 0 Å². The van der Waals surface area contributed by atoms with Gasteiger partial charge >= 0.3 is 6.03 Å². The summed E-state index contributed by atoms with van der Waals surface area (Å²) in [6.07, 6.45) is 0.700. The van der Waals surface area contributed by atoms with E-state index < -0.39 is 0 Å². The van der Waals surface area contributed by atoms with Crippen LogP contribution in [0.2, 0.25) is 0 Å². The molecule has 116 valence electrons. The van der Waals surface area contributed by atoms with Gasteiger partial charge in [-0.05, 0) is 18.2 Å². The number of anilines is 1. The monoisotopic (exact) mass is 309 g/mol. The first-order chi connectivity index (χ1) is 11.2. The Kier molecular flexibility index (Phi) is 3.26. The Morgan fingerprint density at radius 3 is 2.78 bits per heavy atom. The molecule has 1 aliphatic heterocycles. The molecule has 0 radical (unpaired) electrons. The molecule has 2 aromatic carbocycles. The van der Waals surface area contributed by atoms with E-state index in [9.17, 15) is 9.18 Å². The summed E-state index contributed by atoms with van der Waals surface area (Å²) in [5.74, 6) is -0.253. The zero-order chi connectivity index (χ0) is 15.8. The Labute approximate surface area is 132 Å². The molecule has 4 nitrogen and oxygen atoms in total. The number of rotatable bonds is 1. The van der Waals surface area contributed by atoms with Gasteiger partial charge in [0.2, 0.25) is 0 Å². The van der Waals surface area contributed by atoms with Crippen molar-refractivity contribution in [2.24, 2.45) is 0 Å². The number of H-pyrrole nitrogens is 1. The molecular weight excluding hydrogens is 293 g/mol. The number of aromatic nitrogens is 1. The first-order valence-corrected chi connectivity index (χ1v) is 7.61. The average Bonchev–Trinajstić information content (AvgIpc) is 2.95. The Bertz CT molecular complexity index is 873. The average molecular weight is 309 g/mol. The highest BCUT2D eigenvalue weighted by molar-refractivity contribution is 5.91. The molecule has 2 N–H and O–H groups in total. The number of para-hydroxylation sites is 2. The summed E-state index contributed by atoms with van der Waals surface area (Å²) in [6.45, 7) is 1.09. The van der Waals surface area contributed by atoms with Gasteiger partial charge < -0.3 is 15.2 Å². The minimum Gasteiger partial charge on any atom is -0.356 e. The molecule has 23 heavy (non-hydrogen) atoms. The van der Waals surface area contributed by atoms with E-state index in [1.165, 1.54) is 6.07 Å². The highest BCUT2D eigenvalue weighted by Gasteiger charge is 2.24. The summed E-state index contributed by atoms with van der Waals surface area (Å²) in [5.41, 5.74) is 3.33. The zero-order valence-corrected chi connectivity index (χ0v) is 12.5. The number of hydrogen-bond donors (Lipinski definition) is 2. The van der Waals surface area contributed by atoms with Crippen molar-refractivity contribution in [3.8, 4) is 0 Å². The Morgan fingerprint density at radius 2 is 1.96 bits per heavy atom. The number of urea groups is 1. The number of benzene rings is 2. The molecule has 5 heteroatoms. The van der Waals surface area contributed by atoms with Gasteiger partial charge in [0.15, 0.2) is 0 Å². The van der Waals surface area contributed by atoms with Crippen LogP contribution in [0.3, 0.4) is 0 Å². The molecule has 1 aromatic heterocycles. The van der Waals surface area contributed by atoms with Crippen molar-refractivity contribution in [3.05, 3.63) is 65.6 Å². The van der Waals surface area contributed by atoms with Crippen molar-refractivity contribution < 1.29 is 9.18 Å². The first kappa shape index (κ1) is 13.8. The molecule has 0 unspecified atom stereocenters. The quantitative estimate of drug-likeness (QED) is 0.704. The van der Waals surface area contributed by atoms with E-state index >= 15 is 0 Å². The van der Waals surface area contributed by atoms with Crippen LogP contribution in [0.25, 0.3) is 10.9 Å². The Hall–Kier alpha value is -2.82. The Balaban J connectivity index is 1.60. The highest BCUT2D eigenvalue weighted by Crippen LogP contribution is 2.29. The number of nitrogens with zero attached hydrogens (tertiary/aromatic N) is 1. The minimum absolute atomic E-state index is 0.132. The standard InChI is InChI=1S/C18H16FN3O/c19-15-8-4-7-13-14-11-22(10-9-16(14)21-17(13)15)18(23)20-12-5-2-1-3-6-12/h1-8,21H,9-11H2,(H,20,23). The second-order valence-corrected chi connectivity index (χ2v) is 5.71. The molecule has 0 saturated heterocycles. The zero-order valence-electron chi connectivity index (χ0n) is 12.5. The van der Waals surface area contributed by atoms with Crippen LogP contribution in [0.15, 0.2) is 48.5 Å². The lowest BCUT2D eigenvalue weighted by Crippen LogP contribution is -2.38. The van der Waals surface area contributed by atoms with Crippen LogP contribution in [-0.4, -0.2) is 22.5 Å². The fraction of sp³-hybridized carbons (Fsp3) is 0.167. The van der Waals surface area contributed by atoms with Crippen molar-refractivity contribution in [2.75, 3.05) is 11.9 Å². The second kappa shape index (κ2) is 5.43. The lowest BCUT2D eigenvalue weighted by atomic mass is 10.0. The number of carbonyl (C=O) groups is 1. The molecule has 0 saturated carbocycles. The number of halogens is 1. The topological polar surface area (TPSA) is 48.1 Å². The number of aromatic amines is 1. The van der Waals surface area contributed by atoms with Gasteiger partial charge in [0.1, 0.15) is 5.82 Å². The van der Waals surface area contributed by atoms with Crippen LogP contribution in [0.4, 0.5) is 14.9 Å². The van der Waals surface area contributed by atoms with Crippen LogP contribution in [-0.2, 0) is 13.0 Å². The van der Waals surface area contributed by atoms with Crippen molar-refractivity contribution in [3.63, 3.8) is 0 Å². The van der Waals surface area contributed by atoms with Crippen LogP contribution in [0.5, 0.6) is 0 Å². The van der Waals surface area contributed by atoms with E-state index in [0.717, 1.165) is 22.3 Å². The molecule has 0 atom stereocenters. The van der Waals surface area contributed by atoms with Crippen LogP contribution in [0.1, 0.15) is 11.3 Å². The minimum atomic E-state index is -0.253. The summed E-state index contributed by atoms with van der Waals surface area (Å²) < 4.78 is 13.9. The van der Waals surface area contributed by atoms with Gasteiger partial charge in [-0.2, -0.15) is 0 Å². The van der Waals surface area contributed by atoms with Gasteiger partial charge in [-0.1, -0.05) is 30.3 Å². The highest BCUT2D eigenvalue weighted by atomic mass is 19.1. The van der Waals surface area contributed by atoms with Crippen molar-refractivity contribution >= 4 is 22.6 Å². The molecular formula is C18H16FN3O. The van der Waals surface area contributed by atoms with E-state index in [1.807, 2.05) is 36.4 Å². The van der Waals surface area contributed by atoms with Crippen LogP contribution in [0, 0.1) is 5.82 Å². The molecule has 1 aliphatic rings. The number of nitrogens with one attached hydrogen (secondary N) is 2. The van der Waals surface area contributed by atoms with Crippen molar-refractivity contribution in [1.82, 2.24) is 9.88 Å². The smallest absolute Gasteiger partial charge is 0.322 e. The fourth-order valence-electron chi connectivity index (χ4n) is 3.10. The summed E-state index contributed by atoms with van der Waals surface area (Å²) in [4.78, 5) is 17.4. The molecule has 0 bridgehead atoms. The first-order valence-electron chi connectivity index (χ1n) is 7.61. The lowest BCUT2D eigenvalue weighted by molar-refractivity contribution is 0.206. The molecule has 0 fully saturated rings. The summed E-state index contributed by atoms with van der Waals surface area (Å²) in [7, 11) is 0. The molecule has 0 aliphatic carbocycles. The van der Waals surface area contributed by atoms with Crippen molar-refractivity contribution in [2.45, 2.75) is 13.0 Å². The molecule has 2 amide bonds. The van der Waals surface area contributed by atoms with Gasteiger partial charge in [-0.3, -0.25) is 0 Å². The predicted octanol–water partition coefficient (Wildman–Crippen LogP) is 3.90. The maximum Gasteiger partial charge on any atom is 0.322 e. The van der Waals surface area contributed by atoms with Gasteiger partial charge in [0.05, 0.1) is 5.52 Å². The van der Waals surface area contributed by atoms with E-state index in [0.29, 0.717) is 25.0 Å². The van der Waals surface area contributed by atoms with E-state index in [-0.39, 0.29) is 11.8 Å². The van der Waals surface area contributed by atoms with Gasteiger partial charge in [-0.15, -0.1) is 0 Å². The maximum atomic E-state index is 13.9. The van der Waals surface area contributed by atoms with E-state index in [4.69, 9.17) is 0 Å². The summed E-state index contributed by atoms with van der Waals surface area (Å²) in [6, 6.07) is 14.3. The summed E-state index contributed by atoms with van der Waals surface area (Å²) >= 11 is 0. The number of hydrogen-bond acceptors (Lipinski definition) is 1. The summed E-state index contributed by atoms with van der Waals surface area (Å²) in [5, 5.41) is 3.76. The fourth-order valence-corrected chi connectivity index (χ4v) is 3.10. The number of fused-ring (bicyclic) bond motifs is 3. The molecule has 0 spiro atoms. The molecule has 4 rings (SSSR count). The van der Waals surface area contributed by atoms with Gasteiger partial charge in [0.25, 0.3) is 0 Å². The molecule has 2 heterocycles. The number of amides is 2. The largest absolute Gasteiger partial charge is 0.356 e. The van der Waals surface area contributed by atoms with Gasteiger partial charge in [-0.25, -0.2) is 9.18 Å². The third-order valence-corrected chi connectivity index (χ3v) is 4.27. The second-order valence-electron chi connectivity index (χ2n) is 5.71. The lowest BCUT2D eigenvalue weighted by Gasteiger charge is -2.27. The maximum absolute atomic E-state index is 13.9. The third kappa shape index (κ3) is 2.44. The van der Waals surface area contributed by atoms with E-state index in [2.05, 4.69) is 10.3 Å². The number of carbonyl (C=O) groups excluding carboxylic acids is 1. The van der Waals surface area contributed by atoms with Crippen LogP contribution < -0.4 is 5.32 Å². The SMILES string of the molecule is O=C(Nc1ccccc1)N1CCc2[nH]c3c(F)cccc3c2C1. The predicted molar refractivity (Wildman–Crippen MR) is 87.8 cm³/mol. The normalized spacial score (nSPS) is 13.9. The van der Waals surface area contributed by atoms with E-state index in [1.54, 1.807) is 11.0 Å². The van der Waals surface area contributed by atoms with Crippen molar-refractivity contribution in [1.29, 1.82) is 0 Å². The molecule has 3 aromatic rings.